The van der Waals surface area contributed by atoms with Gasteiger partial charge in [0.1, 0.15) is 11.6 Å². The van der Waals surface area contributed by atoms with Gasteiger partial charge in [-0.25, -0.2) is 4.98 Å². The monoisotopic (exact) mass is 519 g/mol. The van der Waals surface area contributed by atoms with Crippen molar-refractivity contribution in [2.75, 3.05) is 0 Å². The van der Waals surface area contributed by atoms with Crippen LogP contribution in [0.15, 0.2) is 55.2 Å². The Hall–Kier alpha value is -2.32. The summed E-state index contributed by atoms with van der Waals surface area (Å²) in [5, 5.41) is 4.88. The molecular weight excluding hydrogens is 502 g/mol. The molecule has 0 bridgehead atoms. The minimum atomic E-state index is -0.431. The fraction of sp³-hybridized carbons (Fsp3) is 0.238. The number of rotatable bonds is 6. The van der Waals surface area contributed by atoms with Gasteiger partial charge < -0.3 is 4.74 Å². The second-order valence-electron chi connectivity index (χ2n) is 6.43. The summed E-state index contributed by atoms with van der Waals surface area (Å²) in [4.78, 5) is 29.1. The van der Waals surface area contributed by atoms with E-state index in [1.54, 1.807) is 24.3 Å². The average molecular weight is 521 g/mol. The van der Waals surface area contributed by atoms with Crippen LogP contribution in [0, 0.1) is 0 Å². The predicted molar refractivity (Wildman–Crippen MR) is 121 cm³/mol. The number of esters is 1. The van der Waals surface area contributed by atoms with Crippen LogP contribution in [0.2, 0.25) is 0 Å². The molecule has 0 spiro atoms. The molecule has 0 amide bonds. The number of aromatic nitrogens is 2. The number of hydrogen-bond acceptors (Lipinski definition) is 5. The van der Waals surface area contributed by atoms with E-state index >= 15 is 0 Å². The van der Waals surface area contributed by atoms with Crippen LogP contribution in [-0.4, -0.2) is 21.8 Å². The number of carbonyl (C=O) groups excluding carboxylic acids is 1. The minimum absolute atomic E-state index is 0.248. The summed E-state index contributed by atoms with van der Waals surface area (Å²) in [5.74, 6) is 0.524. The summed E-state index contributed by atoms with van der Waals surface area (Å²) in [5.41, 5.74) is 0.957. The molecule has 0 saturated carbocycles. The van der Waals surface area contributed by atoms with Crippen molar-refractivity contribution in [1.82, 2.24) is 9.66 Å². The highest BCUT2D eigenvalue weighted by molar-refractivity contribution is 9.10. The number of ether oxygens (including phenoxy) is 1. The molecular formula is C21H19Br2N3O3. The maximum absolute atomic E-state index is 13.1. The highest BCUT2D eigenvalue weighted by Gasteiger charge is 2.12. The molecule has 29 heavy (non-hydrogen) atoms. The van der Waals surface area contributed by atoms with Crippen molar-refractivity contribution in [3.63, 3.8) is 0 Å². The van der Waals surface area contributed by atoms with E-state index in [1.807, 2.05) is 12.1 Å². The molecule has 2 aromatic carbocycles. The molecule has 0 N–H and O–H groups in total. The first-order valence-corrected chi connectivity index (χ1v) is 10.7. The van der Waals surface area contributed by atoms with Crippen LogP contribution in [0.5, 0.6) is 5.75 Å². The molecule has 1 aromatic heterocycles. The summed E-state index contributed by atoms with van der Waals surface area (Å²) < 4.78 is 8.16. The van der Waals surface area contributed by atoms with Gasteiger partial charge >= 0.3 is 5.97 Å². The van der Waals surface area contributed by atoms with Gasteiger partial charge in [-0.2, -0.15) is 9.78 Å². The number of benzene rings is 2. The summed E-state index contributed by atoms with van der Waals surface area (Å²) in [6.07, 6.45) is 4.00. The van der Waals surface area contributed by atoms with Crippen LogP contribution >= 0.6 is 31.9 Å². The first-order chi connectivity index (χ1) is 13.9. The zero-order valence-electron chi connectivity index (χ0n) is 16.0. The topological polar surface area (TPSA) is 73.6 Å². The largest absolute Gasteiger partial charge is 0.426 e. The van der Waals surface area contributed by atoms with E-state index in [9.17, 15) is 9.59 Å². The quantitative estimate of drug-likeness (QED) is 0.258. The van der Waals surface area contributed by atoms with Crippen molar-refractivity contribution in [2.24, 2.45) is 5.10 Å². The van der Waals surface area contributed by atoms with Gasteiger partial charge in [-0.05, 0) is 42.8 Å². The Morgan fingerprint density at radius 1 is 1.21 bits per heavy atom. The molecule has 0 aliphatic rings. The molecule has 0 unspecified atom stereocenters. The maximum atomic E-state index is 13.1. The van der Waals surface area contributed by atoms with Gasteiger partial charge in [0.15, 0.2) is 0 Å². The van der Waals surface area contributed by atoms with Gasteiger partial charge in [0.2, 0.25) is 0 Å². The van der Waals surface area contributed by atoms with Gasteiger partial charge in [-0.15, -0.1) is 0 Å². The number of halogens is 2. The molecule has 3 aromatic rings. The van der Waals surface area contributed by atoms with E-state index in [0.29, 0.717) is 34.5 Å². The fourth-order valence-corrected chi connectivity index (χ4v) is 3.54. The SMILES string of the molecule is CCCCc1nc2ccc(Br)cc2c(=O)n1N=Cc1cc(Br)ccc1OC(C)=O. The normalized spacial score (nSPS) is 11.3. The maximum Gasteiger partial charge on any atom is 0.308 e. The first kappa shape index (κ1) is 21.4. The molecule has 6 nitrogen and oxygen atoms in total. The lowest BCUT2D eigenvalue weighted by Gasteiger charge is -2.10. The second kappa shape index (κ2) is 9.45. The molecule has 3 rings (SSSR count). The van der Waals surface area contributed by atoms with Crippen molar-refractivity contribution >= 4 is 54.9 Å². The van der Waals surface area contributed by atoms with E-state index in [1.165, 1.54) is 17.8 Å². The Bertz CT molecular complexity index is 1160. The van der Waals surface area contributed by atoms with Gasteiger partial charge in [-0.3, -0.25) is 9.59 Å². The number of unbranched alkanes of at least 4 members (excludes halogenated alkanes) is 1. The van der Waals surface area contributed by atoms with Crippen LogP contribution in [0.1, 0.15) is 38.1 Å². The molecule has 0 fully saturated rings. The highest BCUT2D eigenvalue weighted by Crippen LogP contribution is 2.22. The molecule has 0 atom stereocenters. The van der Waals surface area contributed by atoms with Crippen LogP contribution in [-0.2, 0) is 11.2 Å². The number of hydrogen-bond donors (Lipinski definition) is 0. The lowest BCUT2D eigenvalue weighted by atomic mass is 10.2. The zero-order valence-corrected chi connectivity index (χ0v) is 19.2. The van der Waals surface area contributed by atoms with Gasteiger partial charge in [-0.1, -0.05) is 45.2 Å². The van der Waals surface area contributed by atoms with Gasteiger partial charge in [0.05, 0.1) is 17.1 Å². The van der Waals surface area contributed by atoms with Crippen molar-refractivity contribution in [2.45, 2.75) is 33.1 Å². The van der Waals surface area contributed by atoms with Crippen molar-refractivity contribution in [1.29, 1.82) is 0 Å². The van der Waals surface area contributed by atoms with Crippen LogP contribution in [0.4, 0.5) is 0 Å². The molecule has 0 aliphatic heterocycles. The zero-order chi connectivity index (χ0) is 21.0. The molecule has 8 heteroatoms. The second-order valence-corrected chi connectivity index (χ2v) is 8.26. The molecule has 0 aliphatic carbocycles. The van der Waals surface area contributed by atoms with Crippen LogP contribution in [0.3, 0.4) is 0 Å². The smallest absolute Gasteiger partial charge is 0.308 e. The van der Waals surface area contributed by atoms with Crippen molar-refractivity contribution in [3.8, 4) is 5.75 Å². The number of nitrogens with zero attached hydrogens (tertiary/aromatic N) is 3. The molecule has 150 valence electrons. The summed E-state index contributed by atoms with van der Waals surface area (Å²) >= 11 is 6.80. The number of carbonyl (C=O) groups is 1. The van der Waals surface area contributed by atoms with E-state index in [-0.39, 0.29) is 5.56 Å². The Labute approximate surface area is 184 Å². The lowest BCUT2D eigenvalue weighted by molar-refractivity contribution is -0.131. The van der Waals surface area contributed by atoms with Crippen LogP contribution in [0.25, 0.3) is 10.9 Å². The van der Waals surface area contributed by atoms with Gasteiger partial charge in [0, 0.05) is 27.9 Å². The minimum Gasteiger partial charge on any atom is -0.426 e. The van der Waals surface area contributed by atoms with E-state index in [0.717, 1.165) is 21.8 Å². The van der Waals surface area contributed by atoms with Gasteiger partial charge in [0.25, 0.3) is 5.56 Å². The van der Waals surface area contributed by atoms with E-state index < -0.39 is 5.97 Å². The van der Waals surface area contributed by atoms with Crippen molar-refractivity contribution in [3.05, 3.63) is 67.1 Å². The molecule has 0 radical (unpaired) electrons. The van der Waals surface area contributed by atoms with Crippen LogP contribution < -0.4 is 10.3 Å². The third-order valence-electron chi connectivity index (χ3n) is 4.17. The average Bonchev–Trinajstić information content (AvgIpc) is 2.68. The van der Waals surface area contributed by atoms with Crippen molar-refractivity contribution < 1.29 is 9.53 Å². The summed E-state index contributed by atoms with van der Waals surface area (Å²) in [7, 11) is 0. The Balaban J connectivity index is 2.13. The Kier molecular flexibility index (Phi) is 6.97. The molecule has 1 heterocycles. The summed E-state index contributed by atoms with van der Waals surface area (Å²) in [6, 6.07) is 10.6. The Morgan fingerprint density at radius 3 is 2.66 bits per heavy atom. The summed E-state index contributed by atoms with van der Waals surface area (Å²) in [6.45, 7) is 3.41. The number of aryl methyl sites for hydroxylation is 1. The lowest BCUT2D eigenvalue weighted by Crippen LogP contribution is -2.22. The fourth-order valence-electron chi connectivity index (χ4n) is 2.80. The third kappa shape index (κ3) is 5.19. The molecule has 0 saturated heterocycles. The third-order valence-corrected chi connectivity index (χ3v) is 5.15. The predicted octanol–water partition coefficient (Wildman–Crippen LogP) is 5.07. The standard InChI is InChI=1S/C21H19Br2N3O3/c1-3-4-5-20-25-18-8-6-16(23)11-17(18)21(28)26(20)24-12-14-10-15(22)7-9-19(14)29-13(2)27/h6-12H,3-5H2,1-2H3. The Morgan fingerprint density at radius 2 is 1.93 bits per heavy atom. The van der Waals surface area contributed by atoms with E-state index in [2.05, 4.69) is 48.9 Å². The highest BCUT2D eigenvalue weighted by atomic mass is 79.9. The first-order valence-electron chi connectivity index (χ1n) is 9.12. The number of fused-ring (bicyclic) bond motifs is 1. The van der Waals surface area contributed by atoms with E-state index in [4.69, 9.17) is 4.74 Å².